The molecule has 0 aliphatic rings. The molecule has 0 aliphatic heterocycles. The van der Waals surface area contributed by atoms with E-state index in [9.17, 15) is 4.79 Å². The third-order valence-electron chi connectivity index (χ3n) is 1.50. The number of carbonyl (C=O) groups is 1. The van der Waals surface area contributed by atoms with Crippen molar-refractivity contribution < 1.29 is 14.4 Å². The Balaban J connectivity index is 2.58. The summed E-state index contributed by atoms with van der Waals surface area (Å²) >= 11 is 0. The molecular weight excluding hydrogens is 172 g/mol. The molecular formula is C8H12N2O3. The van der Waals surface area contributed by atoms with Gasteiger partial charge in [0.2, 0.25) is 5.76 Å². The minimum absolute atomic E-state index is 0.0984. The average molecular weight is 184 g/mol. The zero-order valence-corrected chi connectivity index (χ0v) is 7.57. The molecule has 0 saturated heterocycles. The number of amides is 1. The summed E-state index contributed by atoms with van der Waals surface area (Å²) in [5.74, 6) is -0.194. The van der Waals surface area contributed by atoms with E-state index in [2.05, 4.69) is 10.5 Å². The van der Waals surface area contributed by atoms with Crippen molar-refractivity contribution in [3.8, 4) is 0 Å². The van der Waals surface area contributed by atoms with E-state index in [4.69, 9.17) is 9.63 Å². The molecule has 0 fully saturated rings. The molecule has 72 valence electrons. The summed E-state index contributed by atoms with van der Waals surface area (Å²) in [6.45, 7) is 3.33. The first kappa shape index (κ1) is 9.73. The molecule has 0 radical (unpaired) electrons. The van der Waals surface area contributed by atoms with Gasteiger partial charge in [-0.1, -0.05) is 5.16 Å². The van der Waals surface area contributed by atoms with E-state index in [1.165, 1.54) is 0 Å². The maximum absolute atomic E-state index is 11.3. The first-order valence-corrected chi connectivity index (χ1v) is 3.98. The zero-order valence-electron chi connectivity index (χ0n) is 7.57. The van der Waals surface area contributed by atoms with Crippen molar-refractivity contribution in [2.45, 2.75) is 19.9 Å². The lowest BCUT2D eigenvalue weighted by atomic mass is 10.3. The monoisotopic (exact) mass is 184 g/mol. The Labute approximate surface area is 75.7 Å². The third kappa shape index (κ3) is 2.55. The van der Waals surface area contributed by atoms with Crippen molar-refractivity contribution in [2.24, 2.45) is 0 Å². The van der Waals surface area contributed by atoms with Crippen LogP contribution in [0.3, 0.4) is 0 Å². The SMILES string of the molecule is Cc1cc(C(=O)N[C@@H](C)CO)on1. The average Bonchev–Trinajstić information content (AvgIpc) is 2.51. The van der Waals surface area contributed by atoms with Gasteiger partial charge in [0.1, 0.15) is 0 Å². The number of carbonyl (C=O) groups excluding carboxylic acids is 1. The predicted molar refractivity (Wildman–Crippen MR) is 45.3 cm³/mol. The van der Waals surface area contributed by atoms with Crippen molar-refractivity contribution in [3.05, 3.63) is 17.5 Å². The Bertz CT molecular complexity index is 295. The molecule has 1 aromatic rings. The highest BCUT2D eigenvalue weighted by molar-refractivity contribution is 5.91. The normalized spacial score (nSPS) is 12.5. The Kier molecular flexibility index (Phi) is 3.02. The van der Waals surface area contributed by atoms with E-state index in [1.807, 2.05) is 0 Å². The van der Waals surface area contributed by atoms with Crippen LogP contribution < -0.4 is 5.32 Å². The van der Waals surface area contributed by atoms with Crippen molar-refractivity contribution in [1.82, 2.24) is 10.5 Å². The number of aryl methyl sites for hydroxylation is 1. The molecule has 13 heavy (non-hydrogen) atoms. The third-order valence-corrected chi connectivity index (χ3v) is 1.50. The van der Waals surface area contributed by atoms with Crippen molar-refractivity contribution in [1.29, 1.82) is 0 Å². The van der Waals surface area contributed by atoms with E-state index in [-0.39, 0.29) is 24.3 Å². The van der Waals surface area contributed by atoms with Gasteiger partial charge in [-0.05, 0) is 13.8 Å². The Hall–Kier alpha value is -1.36. The molecule has 0 aliphatic carbocycles. The highest BCUT2D eigenvalue weighted by Gasteiger charge is 2.13. The fourth-order valence-corrected chi connectivity index (χ4v) is 0.811. The molecule has 1 atom stereocenters. The number of aliphatic hydroxyl groups excluding tert-OH is 1. The quantitative estimate of drug-likeness (QED) is 0.698. The summed E-state index contributed by atoms with van der Waals surface area (Å²) < 4.78 is 4.73. The van der Waals surface area contributed by atoms with Crippen LogP contribution in [-0.2, 0) is 0 Å². The van der Waals surface area contributed by atoms with Crippen LogP contribution in [-0.4, -0.2) is 28.8 Å². The number of aromatic nitrogens is 1. The summed E-state index contributed by atoms with van der Waals surface area (Å²) in [4.78, 5) is 11.3. The molecule has 1 heterocycles. The molecule has 5 heteroatoms. The largest absolute Gasteiger partial charge is 0.394 e. The molecule has 0 bridgehead atoms. The van der Waals surface area contributed by atoms with Gasteiger partial charge in [-0.15, -0.1) is 0 Å². The van der Waals surface area contributed by atoms with Gasteiger partial charge in [-0.3, -0.25) is 4.79 Å². The highest BCUT2D eigenvalue weighted by atomic mass is 16.5. The standard InChI is InChI=1S/C8H12N2O3/c1-5-3-7(13-10-5)8(12)9-6(2)4-11/h3,6,11H,4H2,1-2H3,(H,9,12)/t6-/m0/s1. The van der Waals surface area contributed by atoms with E-state index in [0.29, 0.717) is 5.69 Å². The number of nitrogens with one attached hydrogen (secondary N) is 1. The van der Waals surface area contributed by atoms with Crippen molar-refractivity contribution >= 4 is 5.91 Å². The minimum atomic E-state index is -0.359. The van der Waals surface area contributed by atoms with Crippen LogP contribution >= 0.6 is 0 Å². The van der Waals surface area contributed by atoms with Gasteiger partial charge in [-0.25, -0.2) is 0 Å². The van der Waals surface area contributed by atoms with Crippen LogP contribution in [0.25, 0.3) is 0 Å². The summed E-state index contributed by atoms with van der Waals surface area (Å²) in [6, 6.07) is 1.26. The predicted octanol–water partition coefficient (Wildman–Crippen LogP) is 0.0936. The van der Waals surface area contributed by atoms with Crippen LogP contribution in [0.2, 0.25) is 0 Å². The maximum Gasteiger partial charge on any atom is 0.290 e. The smallest absolute Gasteiger partial charge is 0.290 e. The molecule has 5 nitrogen and oxygen atoms in total. The lowest BCUT2D eigenvalue weighted by molar-refractivity contribution is 0.0885. The van der Waals surface area contributed by atoms with Crippen LogP contribution in [0.1, 0.15) is 23.2 Å². The topological polar surface area (TPSA) is 75.4 Å². The maximum atomic E-state index is 11.3. The van der Waals surface area contributed by atoms with Gasteiger partial charge >= 0.3 is 0 Å². The second kappa shape index (κ2) is 4.04. The molecule has 1 amide bonds. The van der Waals surface area contributed by atoms with Crippen molar-refractivity contribution in [3.63, 3.8) is 0 Å². The lowest BCUT2D eigenvalue weighted by Crippen LogP contribution is -2.34. The van der Waals surface area contributed by atoms with E-state index in [1.54, 1.807) is 19.9 Å². The van der Waals surface area contributed by atoms with E-state index in [0.717, 1.165) is 0 Å². The van der Waals surface area contributed by atoms with Gasteiger partial charge < -0.3 is 14.9 Å². The minimum Gasteiger partial charge on any atom is -0.394 e. The molecule has 2 N–H and O–H groups in total. The Morgan fingerprint density at radius 2 is 2.54 bits per heavy atom. The van der Waals surface area contributed by atoms with Gasteiger partial charge in [0.05, 0.1) is 12.3 Å². The zero-order chi connectivity index (χ0) is 9.84. The molecule has 0 spiro atoms. The van der Waals surface area contributed by atoms with Gasteiger partial charge in [0.25, 0.3) is 5.91 Å². The van der Waals surface area contributed by atoms with Gasteiger partial charge in [0.15, 0.2) is 0 Å². The number of aliphatic hydroxyl groups is 1. The van der Waals surface area contributed by atoms with Crippen LogP contribution in [0.15, 0.2) is 10.6 Å². The van der Waals surface area contributed by atoms with Gasteiger partial charge in [0, 0.05) is 12.1 Å². The first-order valence-electron chi connectivity index (χ1n) is 3.98. The summed E-state index contributed by atoms with van der Waals surface area (Å²) in [5, 5.41) is 14.8. The first-order chi connectivity index (χ1) is 6.13. The second-order valence-electron chi connectivity index (χ2n) is 2.89. The molecule has 1 aromatic heterocycles. The molecule has 1 rings (SSSR count). The summed E-state index contributed by atoms with van der Waals surface area (Å²) in [5.41, 5.74) is 0.654. The fourth-order valence-electron chi connectivity index (χ4n) is 0.811. The second-order valence-corrected chi connectivity index (χ2v) is 2.89. The summed E-state index contributed by atoms with van der Waals surface area (Å²) in [6.07, 6.45) is 0. The van der Waals surface area contributed by atoms with E-state index >= 15 is 0 Å². The van der Waals surface area contributed by atoms with Gasteiger partial charge in [-0.2, -0.15) is 0 Å². The number of hydrogen-bond acceptors (Lipinski definition) is 4. The molecule has 0 aromatic carbocycles. The molecule has 0 unspecified atom stereocenters. The number of nitrogens with zero attached hydrogens (tertiary/aromatic N) is 1. The number of hydrogen-bond donors (Lipinski definition) is 2. The van der Waals surface area contributed by atoms with Crippen LogP contribution in [0.4, 0.5) is 0 Å². The fraction of sp³-hybridized carbons (Fsp3) is 0.500. The highest BCUT2D eigenvalue weighted by Crippen LogP contribution is 2.01. The number of rotatable bonds is 3. The van der Waals surface area contributed by atoms with Crippen LogP contribution in [0.5, 0.6) is 0 Å². The Morgan fingerprint density at radius 1 is 1.85 bits per heavy atom. The van der Waals surface area contributed by atoms with E-state index < -0.39 is 0 Å². The van der Waals surface area contributed by atoms with Crippen LogP contribution in [0, 0.1) is 6.92 Å². The summed E-state index contributed by atoms with van der Waals surface area (Å²) in [7, 11) is 0. The molecule has 0 saturated carbocycles. The Morgan fingerprint density at radius 3 is 3.00 bits per heavy atom. The van der Waals surface area contributed by atoms with Crippen molar-refractivity contribution in [2.75, 3.05) is 6.61 Å². The lowest BCUT2D eigenvalue weighted by Gasteiger charge is -2.07.